The molecule has 0 spiro atoms. The molecule has 2 amide bonds. The van der Waals surface area contributed by atoms with E-state index in [1.54, 1.807) is 24.3 Å². The van der Waals surface area contributed by atoms with Crippen molar-refractivity contribution in [1.29, 1.82) is 0 Å². The van der Waals surface area contributed by atoms with Gasteiger partial charge in [-0.1, -0.05) is 6.92 Å². The number of carbonyl (C=O) groups excluding carboxylic acids is 2. The van der Waals surface area contributed by atoms with Crippen LogP contribution in [0.5, 0.6) is 0 Å². The van der Waals surface area contributed by atoms with E-state index >= 15 is 0 Å². The number of amides is 2. The fourth-order valence-electron chi connectivity index (χ4n) is 2.99. The van der Waals surface area contributed by atoms with Crippen molar-refractivity contribution in [2.75, 3.05) is 44.6 Å². The number of carbonyl (C=O) groups is 2. The van der Waals surface area contributed by atoms with Crippen molar-refractivity contribution < 1.29 is 9.59 Å². The van der Waals surface area contributed by atoms with Gasteiger partial charge in [-0.15, -0.1) is 0 Å². The Labute approximate surface area is 143 Å². The lowest BCUT2D eigenvalue weighted by atomic mass is 10.2. The number of rotatable bonds is 6. The van der Waals surface area contributed by atoms with Crippen LogP contribution in [-0.4, -0.2) is 56.0 Å². The second-order valence-corrected chi connectivity index (χ2v) is 6.73. The first-order valence-electron chi connectivity index (χ1n) is 8.75. The summed E-state index contributed by atoms with van der Waals surface area (Å²) in [5, 5.41) is 9.17. The van der Waals surface area contributed by atoms with Gasteiger partial charge in [-0.25, -0.2) is 0 Å². The van der Waals surface area contributed by atoms with Crippen molar-refractivity contribution in [3.05, 3.63) is 29.8 Å². The van der Waals surface area contributed by atoms with Gasteiger partial charge in [-0.05, 0) is 36.6 Å². The minimum atomic E-state index is -0.0705. The Hall–Kier alpha value is -1.92. The summed E-state index contributed by atoms with van der Waals surface area (Å²) in [7, 11) is 0. The minimum Gasteiger partial charge on any atom is -0.351 e. The van der Waals surface area contributed by atoms with Crippen molar-refractivity contribution in [1.82, 2.24) is 15.5 Å². The first-order valence-corrected chi connectivity index (χ1v) is 8.75. The average molecular weight is 330 g/mol. The molecular weight excluding hydrogens is 304 g/mol. The summed E-state index contributed by atoms with van der Waals surface area (Å²) in [5.74, 6) is 0.651. The van der Waals surface area contributed by atoms with E-state index in [0.717, 1.165) is 44.8 Å². The molecule has 0 bridgehead atoms. The molecule has 1 aromatic carbocycles. The van der Waals surface area contributed by atoms with Crippen LogP contribution in [0.1, 0.15) is 23.7 Å². The van der Waals surface area contributed by atoms with E-state index in [2.05, 4.69) is 27.8 Å². The second-order valence-electron chi connectivity index (χ2n) is 6.73. The third-order valence-corrected chi connectivity index (χ3v) is 4.78. The molecule has 1 aromatic rings. The van der Waals surface area contributed by atoms with Gasteiger partial charge in [-0.3, -0.25) is 14.5 Å². The lowest BCUT2D eigenvalue weighted by molar-refractivity contribution is -0.117. The highest BCUT2D eigenvalue weighted by atomic mass is 16.2. The highest BCUT2D eigenvalue weighted by molar-refractivity contribution is 5.96. The van der Waals surface area contributed by atoms with Crippen LogP contribution in [0.2, 0.25) is 0 Å². The van der Waals surface area contributed by atoms with Crippen LogP contribution < -0.4 is 16.0 Å². The summed E-state index contributed by atoms with van der Waals surface area (Å²) in [5.41, 5.74) is 1.37. The topological polar surface area (TPSA) is 73.5 Å². The number of benzene rings is 1. The predicted molar refractivity (Wildman–Crippen MR) is 94.0 cm³/mol. The minimum absolute atomic E-state index is 0.0705. The summed E-state index contributed by atoms with van der Waals surface area (Å²) in [4.78, 5) is 26.4. The Kier molecular flexibility index (Phi) is 5.48. The van der Waals surface area contributed by atoms with Gasteiger partial charge in [0.15, 0.2) is 0 Å². The van der Waals surface area contributed by atoms with E-state index in [1.807, 2.05) is 0 Å². The average Bonchev–Trinajstić information content (AvgIpc) is 3.33. The van der Waals surface area contributed by atoms with Gasteiger partial charge < -0.3 is 16.0 Å². The molecule has 1 saturated heterocycles. The molecular formula is C18H26N4O2. The lowest BCUT2D eigenvalue weighted by Crippen LogP contribution is -2.46. The molecule has 6 heteroatoms. The molecule has 0 radical (unpaired) electrons. The smallest absolute Gasteiger partial charge is 0.251 e. The van der Waals surface area contributed by atoms with Gasteiger partial charge >= 0.3 is 0 Å². The lowest BCUT2D eigenvalue weighted by Gasteiger charge is -2.27. The van der Waals surface area contributed by atoms with Gasteiger partial charge in [0, 0.05) is 56.4 Å². The van der Waals surface area contributed by atoms with E-state index in [-0.39, 0.29) is 17.7 Å². The van der Waals surface area contributed by atoms with Crippen LogP contribution in [0.15, 0.2) is 24.3 Å². The highest BCUT2D eigenvalue weighted by Crippen LogP contribution is 2.38. The fraction of sp³-hybridized carbons (Fsp3) is 0.556. The van der Waals surface area contributed by atoms with Crippen molar-refractivity contribution in [3.63, 3.8) is 0 Å². The van der Waals surface area contributed by atoms with Gasteiger partial charge in [-0.2, -0.15) is 0 Å². The molecule has 1 aliphatic heterocycles. The van der Waals surface area contributed by atoms with Gasteiger partial charge in [0.05, 0.1) is 0 Å². The number of piperazine rings is 1. The summed E-state index contributed by atoms with van der Waals surface area (Å²) >= 11 is 0. The van der Waals surface area contributed by atoms with E-state index in [1.165, 1.54) is 0 Å². The molecule has 1 saturated carbocycles. The number of nitrogens with zero attached hydrogens (tertiary/aromatic N) is 1. The van der Waals surface area contributed by atoms with Crippen LogP contribution in [0.25, 0.3) is 0 Å². The van der Waals surface area contributed by atoms with E-state index in [0.29, 0.717) is 18.0 Å². The maximum atomic E-state index is 12.2. The predicted octanol–water partition coefficient (Wildman–Crippen LogP) is 0.916. The number of hydrogen-bond acceptors (Lipinski definition) is 4. The zero-order valence-corrected chi connectivity index (χ0v) is 14.2. The van der Waals surface area contributed by atoms with Gasteiger partial charge in [0.25, 0.3) is 5.91 Å². The molecule has 1 heterocycles. The zero-order valence-electron chi connectivity index (χ0n) is 14.2. The zero-order chi connectivity index (χ0) is 16.9. The summed E-state index contributed by atoms with van der Waals surface area (Å²) in [6.07, 6.45) is 0.972. The van der Waals surface area contributed by atoms with Crippen LogP contribution in [0, 0.1) is 11.8 Å². The third-order valence-electron chi connectivity index (χ3n) is 4.78. The molecule has 0 aromatic heterocycles. The summed E-state index contributed by atoms with van der Waals surface area (Å²) in [6, 6.07) is 7.09. The van der Waals surface area contributed by atoms with E-state index in [9.17, 15) is 9.59 Å². The Morgan fingerprint density at radius 1 is 1.21 bits per heavy atom. The van der Waals surface area contributed by atoms with Crippen LogP contribution >= 0.6 is 0 Å². The summed E-state index contributed by atoms with van der Waals surface area (Å²) in [6.45, 7) is 7.70. The monoisotopic (exact) mass is 330 g/mol. The van der Waals surface area contributed by atoms with Crippen LogP contribution in [0.3, 0.4) is 0 Å². The van der Waals surface area contributed by atoms with Crippen LogP contribution in [0.4, 0.5) is 5.69 Å². The largest absolute Gasteiger partial charge is 0.351 e. The molecule has 6 nitrogen and oxygen atoms in total. The Morgan fingerprint density at radius 2 is 1.88 bits per heavy atom. The quantitative estimate of drug-likeness (QED) is 0.725. The molecule has 24 heavy (non-hydrogen) atoms. The van der Waals surface area contributed by atoms with Crippen molar-refractivity contribution in [3.8, 4) is 0 Å². The van der Waals surface area contributed by atoms with Crippen molar-refractivity contribution in [2.24, 2.45) is 11.8 Å². The maximum Gasteiger partial charge on any atom is 0.251 e. The van der Waals surface area contributed by atoms with Crippen molar-refractivity contribution >= 4 is 17.5 Å². The first kappa shape index (κ1) is 16.9. The van der Waals surface area contributed by atoms with Gasteiger partial charge in [0.2, 0.25) is 5.91 Å². The second kappa shape index (κ2) is 7.77. The standard InChI is InChI=1S/C18H26N4O2/c1-13-12-16(13)18(24)21-15-4-2-14(3-5-15)17(23)20-8-11-22-9-6-19-7-10-22/h2-5,13,16,19H,6-12H2,1H3,(H,20,23)(H,21,24). The fourth-order valence-corrected chi connectivity index (χ4v) is 2.99. The van der Waals surface area contributed by atoms with Crippen LogP contribution in [-0.2, 0) is 4.79 Å². The molecule has 2 atom stereocenters. The summed E-state index contributed by atoms with van der Waals surface area (Å²) < 4.78 is 0. The Bertz CT molecular complexity index is 581. The number of hydrogen-bond donors (Lipinski definition) is 3. The first-order chi connectivity index (χ1) is 11.6. The third kappa shape index (κ3) is 4.55. The number of anilines is 1. The molecule has 3 N–H and O–H groups in total. The SMILES string of the molecule is CC1CC1C(=O)Nc1ccc(C(=O)NCCN2CCNCC2)cc1. The van der Waals surface area contributed by atoms with E-state index < -0.39 is 0 Å². The molecule has 3 rings (SSSR count). The molecule has 2 unspecified atom stereocenters. The van der Waals surface area contributed by atoms with E-state index in [4.69, 9.17) is 0 Å². The molecule has 1 aliphatic carbocycles. The Morgan fingerprint density at radius 3 is 2.50 bits per heavy atom. The highest BCUT2D eigenvalue weighted by Gasteiger charge is 2.39. The molecule has 2 aliphatic rings. The Balaban J connectivity index is 1.42. The van der Waals surface area contributed by atoms with Gasteiger partial charge in [0.1, 0.15) is 0 Å². The number of nitrogens with one attached hydrogen (secondary N) is 3. The maximum absolute atomic E-state index is 12.2. The normalized spacial score (nSPS) is 23.5. The molecule has 2 fully saturated rings. The molecule has 130 valence electrons. The van der Waals surface area contributed by atoms with Crippen molar-refractivity contribution in [2.45, 2.75) is 13.3 Å².